The molecule has 144 valence electrons. The van der Waals surface area contributed by atoms with Gasteiger partial charge in [0.15, 0.2) is 0 Å². The molecule has 9 heteroatoms. The van der Waals surface area contributed by atoms with Crippen molar-refractivity contribution < 1.29 is 4.79 Å². The number of carbonyl (C=O) groups is 1. The number of H-pyrrole nitrogens is 1. The van der Waals surface area contributed by atoms with E-state index in [-0.39, 0.29) is 17.5 Å². The average Bonchev–Trinajstić information content (AvgIpc) is 3.10. The molecule has 0 unspecified atom stereocenters. The molecule has 1 aromatic carbocycles. The number of pyridine rings is 1. The second kappa shape index (κ2) is 7.77. The minimum absolute atomic E-state index is 0.0668. The van der Waals surface area contributed by atoms with Crippen LogP contribution in [0.2, 0.25) is 10.2 Å². The fourth-order valence-corrected chi connectivity index (χ4v) is 3.56. The Morgan fingerprint density at radius 3 is 2.43 bits per heavy atom. The fourth-order valence-electron chi connectivity index (χ4n) is 3.32. The maximum atomic E-state index is 12.6. The van der Waals surface area contributed by atoms with Gasteiger partial charge >= 0.3 is 5.69 Å². The topological polar surface area (TPSA) is 83.9 Å². The van der Waals surface area contributed by atoms with E-state index in [2.05, 4.69) is 15.1 Å². The molecule has 0 aliphatic carbocycles. The Kier molecular flexibility index (Phi) is 5.19. The maximum absolute atomic E-state index is 12.6. The third-order valence-electron chi connectivity index (χ3n) is 4.85. The SMILES string of the molecule is O=C(c1ccc(Cl)nc1)N1CCC(c2nn(-c3ccc(Cl)cc3)c(=O)[nH]2)CC1. The number of likely N-dealkylation sites (tertiary alicyclic amines) is 1. The maximum Gasteiger partial charge on any atom is 0.348 e. The van der Waals surface area contributed by atoms with Gasteiger partial charge in [-0.25, -0.2) is 9.78 Å². The highest BCUT2D eigenvalue weighted by Crippen LogP contribution is 2.26. The van der Waals surface area contributed by atoms with Crippen molar-refractivity contribution in [2.24, 2.45) is 0 Å². The van der Waals surface area contributed by atoms with E-state index < -0.39 is 0 Å². The molecular weight excluding hydrogens is 401 g/mol. The molecule has 1 fully saturated rings. The number of hydrogen-bond acceptors (Lipinski definition) is 4. The number of benzene rings is 1. The van der Waals surface area contributed by atoms with Crippen LogP contribution in [0.3, 0.4) is 0 Å². The van der Waals surface area contributed by atoms with Crippen LogP contribution in [-0.4, -0.2) is 43.6 Å². The van der Waals surface area contributed by atoms with Crippen molar-refractivity contribution in [3.05, 3.63) is 74.6 Å². The molecule has 0 bridgehead atoms. The highest BCUT2D eigenvalue weighted by atomic mass is 35.5. The second-order valence-corrected chi connectivity index (χ2v) is 7.46. The van der Waals surface area contributed by atoms with Crippen molar-refractivity contribution in [3.8, 4) is 5.69 Å². The lowest BCUT2D eigenvalue weighted by molar-refractivity contribution is 0.0710. The van der Waals surface area contributed by atoms with Gasteiger partial charge in [-0.2, -0.15) is 4.68 Å². The molecule has 0 atom stereocenters. The molecule has 28 heavy (non-hydrogen) atoms. The molecule has 2 aromatic heterocycles. The Morgan fingerprint density at radius 2 is 1.79 bits per heavy atom. The van der Waals surface area contributed by atoms with Crippen LogP contribution in [0.1, 0.15) is 34.9 Å². The second-order valence-electron chi connectivity index (χ2n) is 6.64. The Morgan fingerprint density at radius 1 is 1.07 bits per heavy atom. The van der Waals surface area contributed by atoms with Crippen LogP contribution in [0.15, 0.2) is 47.4 Å². The monoisotopic (exact) mass is 417 g/mol. The summed E-state index contributed by atoms with van der Waals surface area (Å²) in [6, 6.07) is 10.2. The summed E-state index contributed by atoms with van der Waals surface area (Å²) in [5.41, 5.74) is 0.881. The fraction of sp³-hybridized carbons (Fsp3) is 0.263. The first-order chi connectivity index (χ1) is 13.5. The number of nitrogens with zero attached hydrogens (tertiary/aromatic N) is 4. The molecule has 1 N–H and O–H groups in total. The van der Waals surface area contributed by atoms with Crippen LogP contribution in [0.25, 0.3) is 5.69 Å². The van der Waals surface area contributed by atoms with E-state index in [9.17, 15) is 9.59 Å². The van der Waals surface area contributed by atoms with Gasteiger partial charge in [0.1, 0.15) is 11.0 Å². The van der Waals surface area contributed by atoms with Gasteiger partial charge in [0.25, 0.3) is 5.91 Å². The Balaban J connectivity index is 1.45. The lowest BCUT2D eigenvalue weighted by atomic mass is 9.96. The van der Waals surface area contributed by atoms with E-state index in [1.807, 2.05) is 0 Å². The minimum Gasteiger partial charge on any atom is -0.339 e. The molecule has 1 aliphatic rings. The number of carbonyl (C=O) groups excluding carboxylic acids is 1. The summed E-state index contributed by atoms with van der Waals surface area (Å²) in [6.45, 7) is 1.17. The summed E-state index contributed by atoms with van der Waals surface area (Å²) >= 11 is 11.7. The number of aromatic nitrogens is 4. The summed E-state index contributed by atoms with van der Waals surface area (Å²) in [7, 11) is 0. The minimum atomic E-state index is -0.289. The molecular formula is C19H17Cl2N5O2. The third-order valence-corrected chi connectivity index (χ3v) is 5.33. The van der Waals surface area contributed by atoms with Gasteiger partial charge in [0.2, 0.25) is 0 Å². The zero-order valence-corrected chi connectivity index (χ0v) is 16.3. The first kappa shape index (κ1) is 18.7. The number of amides is 1. The van der Waals surface area contributed by atoms with Crippen LogP contribution in [0.5, 0.6) is 0 Å². The predicted molar refractivity (Wildman–Crippen MR) is 106 cm³/mol. The first-order valence-electron chi connectivity index (χ1n) is 8.87. The van der Waals surface area contributed by atoms with Gasteiger partial charge in [-0.1, -0.05) is 23.2 Å². The number of nitrogens with one attached hydrogen (secondary N) is 1. The lowest BCUT2D eigenvalue weighted by Crippen LogP contribution is -2.38. The zero-order chi connectivity index (χ0) is 19.7. The zero-order valence-electron chi connectivity index (χ0n) is 14.8. The number of hydrogen-bond donors (Lipinski definition) is 1. The highest BCUT2D eigenvalue weighted by Gasteiger charge is 2.27. The van der Waals surface area contributed by atoms with Crippen LogP contribution >= 0.6 is 23.2 Å². The summed E-state index contributed by atoms with van der Waals surface area (Å²) in [5.74, 6) is 0.664. The molecule has 3 aromatic rings. The van der Waals surface area contributed by atoms with Gasteiger partial charge in [-0.3, -0.25) is 9.78 Å². The normalized spacial score (nSPS) is 15.0. The van der Waals surface area contributed by atoms with Gasteiger partial charge in [-0.05, 0) is 49.2 Å². The van der Waals surface area contributed by atoms with E-state index in [1.165, 1.54) is 10.9 Å². The molecule has 0 radical (unpaired) electrons. The molecule has 1 saturated heterocycles. The van der Waals surface area contributed by atoms with Crippen LogP contribution in [-0.2, 0) is 0 Å². The molecule has 3 heterocycles. The van der Waals surface area contributed by atoms with Gasteiger partial charge in [0.05, 0.1) is 11.3 Å². The van der Waals surface area contributed by atoms with E-state index >= 15 is 0 Å². The van der Waals surface area contributed by atoms with Crippen molar-refractivity contribution in [3.63, 3.8) is 0 Å². The first-order valence-corrected chi connectivity index (χ1v) is 9.63. The molecule has 4 rings (SSSR count). The van der Waals surface area contributed by atoms with E-state index in [0.29, 0.717) is 40.3 Å². The molecule has 0 saturated carbocycles. The summed E-state index contributed by atoms with van der Waals surface area (Å²) < 4.78 is 1.34. The van der Waals surface area contributed by atoms with Gasteiger partial charge < -0.3 is 4.90 Å². The third kappa shape index (κ3) is 3.81. The van der Waals surface area contributed by atoms with Crippen molar-refractivity contribution >= 4 is 29.1 Å². The van der Waals surface area contributed by atoms with Crippen molar-refractivity contribution in [1.82, 2.24) is 24.6 Å². The average molecular weight is 418 g/mol. The Bertz CT molecular complexity index is 1040. The summed E-state index contributed by atoms with van der Waals surface area (Å²) in [4.78, 5) is 33.5. The standard InChI is InChI=1S/C19H17Cl2N5O2/c20-14-2-4-15(5-3-14)26-19(28)23-17(24-26)12-7-9-25(10-8-12)18(27)13-1-6-16(21)22-11-13/h1-6,11-12H,7-10H2,(H,23,24,28). The molecule has 1 amide bonds. The Labute approximate surface area is 170 Å². The summed E-state index contributed by atoms with van der Waals surface area (Å²) in [5, 5.41) is 5.40. The van der Waals surface area contributed by atoms with Crippen molar-refractivity contribution in [1.29, 1.82) is 0 Å². The van der Waals surface area contributed by atoms with Crippen LogP contribution in [0.4, 0.5) is 0 Å². The number of halogens is 2. The molecule has 0 spiro atoms. The van der Waals surface area contributed by atoms with E-state index in [4.69, 9.17) is 23.2 Å². The van der Waals surface area contributed by atoms with Crippen LogP contribution < -0.4 is 5.69 Å². The van der Waals surface area contributed by atoms with Gasteiger partial charge in [-0.15, -0.1) is 5.10 Å². The molecule has 7 nitrogen and oxygen atoms in total. The smallest absolute Gasteiger partial charge is 0.339 e. The molecule has 1 aliphatic heterocycles. The van der Waals surface area contributed by atoms with Gasteiger partial charge in [0, 0.05) is 30.2 Å². The van der Waals surface area contributed by atoms with E-state index in [1.54, 1.807) is 41.3 Å². The number of rotatable bonds is 3. The van der Waals surface area contributed by atoms with Crippen molar-refractivity contribution in [2.45, 2.75) is 18.8 Å². The number of aromatic amines is 1. The predicted octanol–water partition coefficient (Wildman–Crippen LogP) is 3.28. The van der Waals surface area contributed by atoms with E-state index in [0.717, 1.165) is 12.8 Å². The van der Waals surface area contributed by atoms with Crippen LogP contribution in [0, 0.1) is 0 Å². The Hall–Kier alpha value is -2.64. The highest BCUT2D eigenvalue weighted by molar-refractivity contribution is 6.30. The lowest BCUT2D eigenvalue weighted by Gasteiger charge is -2.31. The quantitative estimate of drug-likeness (QED) is 0.662. The number of piperidine rings is 1. The summed E-state index contributed by atoms with van der Waals surface area (Å²) in [6.07, 6.45) is 2.93. The largest absolute Gasteiger partial charge is 0.348 e. The van der Waals surface area contributed by atoms with Crippen molar-refractivity contribution in [2.75, 3.05) is 13.1 Å².